The number of rotatable bonds is 6. The fourth-order valence-electron chi connectivity index (χ4n) is 3.02. The van der Waals surface area contributed by atoms with Crippen LogP contribution in [0.3, 0.4) is 0 Å². The smallest absolute Gasteiger partial charge is 0.261 e. The van der Waals surface area contributed by atoms with Crippen LogP contribution < -0.4 is 24.4 Å². The number of sulfonamides is 1. The zero-order valence-electron chi connectivity index (χ0n) is 17.0. The van der Waals surface area contributed by atoms with Crippen molar-refractivity contribution in [1.29, 1.82) is 0 Å². The second-order valence-electron chi connectivity index (χ2n) is 7.10. The zero-order chi connectivity index (χ0) is 22.0. The van der Waals surface area contributed by atoms with Crippen LogP contribution in [0.1, 0.15) is 10.4 Å². The summed E-state index contributed by atoms with van der Waals surface area (Å²) in [6.07, 6.45) is 0. The molecule has 1 aliphatic heterocycles. The first kappa shape index (κ1) is 20.5. The molecule has 0 radical (unpaired) electrons. The lowest BCUT2D eigenvalue weighted by Gasteiger charge is -2.13. The third-order valence-corrected chi connectivity index (χ3v) is 6.05. The summed E-state index contributed by atoms with van der Waals surface area (Å²) in [5, 5.41) is 2.78. The third-order valence-electron chi connectivity index (χ3n) is 4.67. The molecule has 1 aliphatic rings. The number of benzene rings is 3. The van der Waals surface area contributed by atoms with Gasteiger partial charge in [-0.2, -0.15) is 0 Å². The number of ether oxygens (including phenoxy) is 2. The van der Waals surface area contributed by atoms with Gasteiger partial charge >= 0.3 is 0 Å². The Bertz CT molecular complexity index is 1220. The van der Waals surface area contributed by atoms with Crippen molar-refractivity contribution in [2.24, 2.45) is 0 Å². The molecule has 2 N–H and O–H groups in total. The molecule has 0 saturated heterocycles. The van der Waals surface area contributed by atoms with E-state index in [0.717, 1.165) is 5.69 Å². The number of nitrogens with one attached hydrogen (secondary N) is 2. The highest BCUT2D eigenvalue weighted by molar-refractivity contribution is 7.92. The zero-order valence-corrected chi connectivity index (χ0v) is 17.8. The van der Waals surface area contributed by atoms with Crippen LogP contribution in [0.2, 0.25) is 0 Å². The molecule has 160 valence electrons. The first-order chi connectivity index (χ1) is 14.8. The van der Waals surface area contributed by atoms with Gasteiger partial charge < -0.3 is 19.7 Å². The van der Waals surface area contributed by atoms with Crippen molar-refractivity contribution in [2.45, 2.75) is 4.90 Å². The molecule has 0 fully saturated rings. The number of amides is 1. The number of nitrogens with zero attached hydrogens (tertiary/aromatic N) is 1. The van der Waals surface area contributed by atoms with Crippen molar-refractivity contribution in [3.63, 3.8) is 0 Å². The second-order valence-corrected chi connectivity index (χ2v) is 8.78. The molecule has 3 aromatic carbocycles. The topological polar surface area (TPSA) is 97.0 Å². The van der Waals surface area contributed by atoms with E-state index in [1.165, 1.54) is 18.2 Å². The van der Waals surface area contributed by atoms with Crippen molar-refractivity contribution in [3.8, 4) is 11.5 Å². The van der Waals surface area contributed by atoms with E-state index in [4.69, 9.17) is 9.47 Å². The molecule has 0 aliphatic carbocycles. The fourth-order valence-corrected chi connectivity index (χ4v) is 4.12. The van der Waals surface area contributed by atoms with Crippen molar-refractivity contribution < 1.29 is 22.7 Å². The summed E-state index contributed by atoms with van der Waals surface area (Å²) in [6, 6.07) is 17.9. The SMILES string of the molecule is CN(C)c1ccc(NC(=O)c2cccc(S(=O)(=O)Nc3ccc4c(c3)OCO4)c2)cc1. The highest BCUT2D eigenvalue weighted by atomic mass is 32.2. The first-order valence-electron chi connectivity index (χ1n) is 9.43. The van der Waals surface area contributed by atoms with Gasteiger partial charge in [-0.25, -0.2) is 8.42 Å². The van der Waals surface area contributed by atoms with Crippen molar-refractivity contribution in [2.75, 3.05) is 35.8 Å². The van der Waals surface area contributed by atoms with E-state index < -0.39 is 15.9 Å². The molecule has 0 saturated carbocycles. The Morgan fingerprint density at radius 2 is 1.61 bits per heavy atom. The minimum absolute atomic E-state index is 0.0271. The number of hydrogen-bond donors (Lipinski definition) is 2. The Kier molecular flexibility index (Phi) is 5.43. The molecule has 1 heterocycles. The summed E-state index contributed by atoms with van der Waals surface area (Å²) in [6.45, 7) is 0.0978. The molecule has 0 aromatic heterocycles. The van der Waals surface area contributed by atoms with Crippen molar-refractivity contribution in [3.05, 3.63) is 72.3 Å². The molecule has 0 unspecified atom stereocenters. The quantitative estimate of drug-likeness (QED) is 0.610. The molecule has 0 spiro atoms. The van der Waals surface area contributed by atoms with Gasteiger partial charge in [0.25, 0.3) is 15.9 Å². The van der Waals surface area contributed by atoms with Gasteiger partial charge in [0, 0.05) is 37.1 Å². The fraction of sp³-hybridized carbons (Fsp3) is 0.136. The number of carbonyl (C=O) groups is 1. The largest absolute Gasteiger partial charge is 0.454 e. The Balaban J connectivity index is 1.50. The van der Waals surface area contributed by atoms with Gasteiger partial charge in [0.05, 0.1) is 10.6 Å². The van der Waals surface area contributed by atoms with E-state index in [-0.39, 0.29) is 17.3 Å². The first-order valence-corrected chi connectivity index (χ1v) is 10.9. The van der Waals surface area contributed by atoms with Gasteiger partial charge in [0.15, 0.2) is 11.5 Å². The van der Waals surface area contributed by atoms with Crippen LogP contribution in [-0.2, 0) is 10.0 Å². The predicted octanol–water partition coefficient (Wildman–Crippen LogP) is 3.53. The van der Waals surface area contributed by atoms with Crippen LogP contribution in [-0.4, -0.2) is 35.2 Å². The van der Waals surface area contributed by atoms with Crippen molar-refractivity contribution >= 4 is 33.0 Å². The van der Waals surface area contributed by atoms with E-state index in [1.54, 1.807) is 36.4 Å². The van der Waals surface area contributed by atoms with Gasteiger partial charge in [0.2, 0.25) is 6.79 Å². The van der Waals surface area contributed by atoms with E-state index in [1.807, 2.05) is 31.1 Å². The highest BCUT2D eigenvalue weighted by Crippen LogP contribution is 2.34. The Hall–Kier alpha value is -3.72. The Morgan fingerprint density at radius 3 is 2.35 bits per heavy atom. The van der Waals surface area contributed by atoms with Gasteiger partial charge in [0.1, 0.15) is 0 Å². The monoisotopic (exact) mass is 439 g/mol. The maximum atomic E-state index is 12.8. The lowest BCUT2D eigenvalue weighted by atomic mass is 10.2. The van der Waals surface area contributed by atoms with Crippen LogP contribution >= 0.6 is 0 Å². The average Bonchev–Trinajstić information content (AvgIpc) is 3.22. The van der Waals surface area contributed by atoms with Gasteiger partial charge in [-0.3, -0.25) is 9.52 Å². The minimum atomic E-state index is -3.91. The second kappa shape index (κ2) is 8.19. The van der Waals surface area contributed by atoms with Crippen LogP contribution in [0.4, 0.5) is 17.1 Å². The van der Waals surface area contributed by atoms with E-state index in [0.29, 0.717) is 22.9 Å². The molecule has 9 heteroatoms. The molecule has 31 heavy (non-hydrogen) atoms. The van der Waals surface area contributed by atoms with E-state index >= 15 is 0 Å². The lowest BCUT2D eigenvalue weighted by molar-refractivity contribution is 0.102. The summed E-state index contributed by atoms with van der Waals surface area (Å²) in [4.78, 5) is 14.6. The molecule has 4 rings (SSSR count). The third kappa shape index (κ3) is 4.56. The average molecular weight is 439 g/mol. The van der Waals surface area contributed by atoms with Crippen LogP contribution in [0.5, 0.6) is 11.5 Å². The summed E-state index contributed by atoms with van der Waals surface area (Å²) in [5.74, 6) is 0.617. The molecule has 8 nitrogen and oxygen atoms in total. The standard InChI is InChI=1S/C22H21N3O5S/c1-25(2)18-9-6-16(7-10-18)23-22(26)15-4-3-5-19(12-15)31(27,28)24-17-8-11-20-21(13-17)30-14-29-20/h3-13,24H,14H2,1-2H3,(H,23,26). The Morgan fingerprint density at radius 1 is 0.903 bits per heavy atom. The molecule has 0 bridgehead atoms. The maximum Gasteiger partial charge on any atom is 0.261 e. The van der Waals surface area contributed by atoms with Crippen LogP contribution in [0.25, 0.3) is 0 Å². The summed E-state index contributed by atoms with van der Waals surface area (Å²) < 4.78 is 38.6. The molecular weight excluding hydrogens is 418 g/mol. The lowest BCUT2D eigenvalue weighted by Crippen LogP contribution is -2.16. The van der Waals surface area contributed by atoms with Crippen LogP contribution in [0.15, 0.2) is 71.6 Å². The predicted molar refractivity (Wildman–Crippen MR) is 119 cm³/mol. The summed E-state index contributed by atoms with van der Waals surface area (Å²) in [7, 11) is -0.0512. The summed E-state index contributed by atoms with van der Waals surface area (Å²) >= 11 is 0. The normalized spacial score (nSPS) is 12.3. The highest BCUT2D eigenvalue weighted by Gasteiger charge is 2.19. The molecular formula is C22H21N3O5S. The number of anilines is 3. The van der Waals surface area contributed by atoms with E-state index in [9.17, 15) is 13.2 Å². The molecule has 3 aromatic rings. The van der Waals surface area contributed by atoms with E-state index in [2.05, 4.69) is 10.0 Å². The van der Waals surface area contributed by atoms with Crippen LogP contribution in [0, 0.1) is 0 Å². The van der Waals surface area contributed by atoms with Gasteiger partial charge in [-0.15, -0.1) is 0 Å². The van der Waals surface area contributed by atoms with Gasteiger partial charge in [-0.1, -0.05) is 6.07 Å². The minimum Gasteiger partial charge on any atom is -0.454 e. The molecule has 0 atom stereocenters. The molecule has 1 amide bonds. The number of hydrogen-bond acceptors (Lipinski definition) is 6. The maximum absolute atomic E-state index is 12.8. The van der Waals surface area contributed by atoms with Crippen molar-refractivity contribution in [1.82, 2.24) is 0 Å². The number of carbonyl (C=O) groups excluding carboxylic acids is 1. The number of fused-ring (bicyclic) bond motifs is 1. The summed E-state index contributed by atoms with van der Waals surface area (Å²) in [5.41, 5.74) is 2.17. The van der Waals surface area contributed by atoms with Gasteiger partial charge in [-0.05, 0) is 54.6 Å². The Labute approximate surface area is 180 Å².